The summed E-state index contributed by atoms with van der Waals surface area (Å²) < 4.78 is 0.477. The highest BCUT2D eigenvalue weighted by atomic mass is 32.2. The van der Waals surface area contributed by atoms with E-state index in [9.17, 15) is 0 Å². The van der Waals surface area contributed by atoms with E-state index in [-0.39, 0.29) is 0 Å². The molecule has 0 aromatic rings. The van der Waals surface area contributed by atoms with Crippen molar-refractivity contribution < 1.29 is 0 Å². The Morgan fingerprint density at radius 2 is 1.87 bits per heavy atom. The molecule has 0 spiro atoms. The van der Waals surface area contributed by atoms with Gasteiger partial charge in [0.05, 0.1) is 0 Å². The van der Waals surface area contributed by atoms with Crippen molar-refractivity contribution in [1.29, 1.82) is 0 Å². The minimum absolute atomic E-state index is 0.477. The van der Waals surface area contributed by atoms with E-state index in [1.54, 1.807) is 0 Å². The second-order valence-electron chi connectivity index (χ2n) is 4.86. The fourth-order valence-corrected chi connectivity index (χ4v) is 3.86. The van der Waals surface area contributed by atoms with Crippen LogP contribution >= 0.6 is 11.8 Å². The van der Waals surface area contributed by atoms with Crippen molar-refractivity contribution >= 4 is 11.8 Å². The lowest BCUT2D eigenvalue weighted by Gasteiger charge is -2.26. The summed E-state index contributed by atoms with van der Waals surface area (Å²) >= 11 is 2.13. The normalized spacial score (nSPS) is 26.0. The summed E-state index contributed by atoms with van der Waals surface area (Å²) in [5.74, 6) is 1.34. The van der Waals surface area contributed by atoms with Gasteiger partial charge in [-0.25, -0.2) is 0 Å². The monoisotopic (exact) mass is 229 g/mol. The largest absolute Gasteiger partial charge is 0.329 e. The Hall–Kier alpha value is 0.310. The first-order valence-corrected chi connectivity index (χ1v) is 7.65. The molecule has 0 aliphatic carbocycles. The number of hydrogen-bond donors (Lipinski definition) is 1. The lowest BCUT2D eigenvalue weighted by Crippen LogP contribution is -2.31. The maximum atomic E-state index is 5.91. The predicted molar refractivity (Wildman–Crippen MR) is 71.5 cm³/mol. The van der Waals surface area contributed by atoms with E-state index in [1.165, 1.54) is 63.5 Å². The van der Waals surface area contributed by atoms with Crippen LogP contribution in [0.15, 0.2) is 0 Å². The SMILES string of the molecule is CCCCCCCCC1(CN)CCCS1. The van der Waals surface area contributed by atoms with Gasteiger partial charge < -0.3 is 5.73 Å². The van der Waals surface area contributed by atoms with Crippen molar-refractivity contribution in [2.45, 2.75) is 69.5 Å². The summed E-state index contributed by atoms with van der Waals surface area (Å²) in [7, 11) is 0. The zero-order chi connectivity index (χ0) is 11.0. The molecule has 1 aliphatic heterocycles. The van der Waals surface area contributed by atoms with Gasteiger partial charge in [-0.15, -0.1) is 0 Å². The van der Waals surface area contributed by atoms with Gasteiger partial charge in [-0.05, 0) is 25.0 Å². The van der Waals surface area contributed by atoms with Crippen LogP contribution in [0.5, 0.6) is 0 Å². The first-order chi connectivity index (χ1) is 7.33. The summed E-state index contributed by atoms with van der Waals surface area (Å²) in [6, 6.07) is 0. The lowest BCUT2D eigenvalue weighted by molar-refractivity contribution is 0.484. The molecule has 0 radical (unpaired) electrons. The third-order valence-electron chi connectivity index (χ3n) is 3.54. The Balaban J connectivity index is 2.02. The molecule has 1 saturated heterocycles. The van der Waals surface area contributed by atoms with Gasteiger partial charge >= 0.3 is 0 Å². The third-order valence-corrected chi connectivity index (χ3v) is 5.22. The second kappa shape index (κ2) is 7.56. The third kappa shape index (κ3) is 4.78. The van der Waals surface area contributed by atoms with Gasteiger partial charge in [0.1, 0.15) is 0 Å². The van der Waals surface area contributed by atoms with E-state index in [0.29, 0.717) is 4.75 Å². The molecule has 1 unspecified atom stereocenters. The van der Waals surface area contributed by atoms with Crippen LogP contribution in [0.25, 0.3) is 0 Å². The van der Waals surface area contributed by atoms with Crippen LogP contribution in [0.1, 0.15) is 64.7 Å². The molecular weight excluding hydrogens is 202 g/mol. The van der Waals surface area contributed by atoms with Crippen LogP contribution in [0.2, 0.25) is 0 Å². The van der Waals surface area contributed by atoms with Crippen molar-refractivity contribution in [1.82, 2.24) is 0 Å². The highest BCUT2D eigenvalue weighted by Crippen LogP contribution is 2.41. The van der Waals surface area contributed by atoms with Crippen LogP contribution in [0, 0.1) is 0 Å². The van der Waals surface area contributed by atoms with Crippen molar-refractivity contribution in [3.05, 3.63) is 0 Å². The Kier molecular flexibility index (Phi) is 6.74. The van der Waals surface area contributed by atoms with E-state index in [0.717, 1.165) is 6.54 Å². The van der Waals surface area contributed by atoms with Gasteiger partial charge in [0, 0.05) is 11.3 Å². The molecule has 0 amide bonds. The molecule has 1 atom stereocenters. The van der Waals surface area contributed by atoms with Crippen LogP contribution in [0.4, 0.5) is 0 Å². The Morgan fingerprint density at radius 3 is 2.47 bits per heavy atom. The van der Waals surface area contributed by atoms with Gasteiger partial charge in [-0.3, -0.25) is 0 Å². The topological polar surface area (TPSA) is 26.0 Å². The van der Waals surface area contributed by atoms with E-state index in [4.69, 9.17) is 5.73 Å². The molecular formula is C13H27NS. The molecule has 1 fully saturated rings. The van der Waals surface area contributed by atoms with Gasteiger partial charge in [0.25, 0.3) is 0 Å². The molecule has 0 saturated carbocycles. The summed E-state index contributed by atoms with van der Waals surface area (Å²) in [6.07, 6.45) is 12.6. The smallest absolute Gasteiger partial charge is 0.0282 e. The summed E-state index contributed by atoms with van der Waals surface area (Å²) in [5, 5.41) is 0. The van der Waals surface area contributed by atoms with Crippen molar-refractivity contribution in [2.75, 3.05) is 12.3 Å². The van der Waals surface area contributed by atoms with Gasteiger partial charge in [0.15, 0.2) is 0 Å². The van der Waals surface area contributed by atoms with Gasteiger partial charge in [0.2, 0.25) is 0 Å². The maximum Gasteiger partial charge on any atom is 0.0282 e. The quantitative estimate of drug-likeness (QED) is 0.638. The fourth-order valence-electron chi connectivity index (χ4n) is 2.44. The van der Waals surface area contributed by atoms with E-state index >= 15 is 0 Å². The van der Waals surface area contributed by atoms with E-state index in [1.807, 2.05) is 0 Å². The molecule has 2 heteroatoms. The molecule has 15 heavy (non-hydrogen) atoms. The minimum Gasteiger partial charge on any atom is -0.329 e. The molecule has 2 N–H and O–H groups in total. The fraction of sp³-hybridized carbons (Fsp3) is 1.00. The van der Waals surface area contributed by atoms with E-state index < -0.39 is 0 Å². The first-order valence-electron chi connectivity index (χ1n) is 6.67. The van der Waals surface area contributed by atoms with Gasteiger partial charge in [-0.1, -0.05) is 45.4 Å². The average molecular weight is 229 g/mol. The molecule has 0 aromatic carbocycles. The summed E-state index contributed by atoms with van der Waals surface area (Å²) in [6.45, 7) is 3.17. The zero-order valence-electron chi connectivity index (χ0n) is 10.3. The number of unbranched alkanes of at least 4 members (excludes halogenated alkanes) is 5. The standard InChI is InChI=1S/C13H27NS/c1-2-3-4-5-6-7-9-13(12-14)10-8-11-15-13/h2-12,14H2,1H3. The molecule has 1 rings (SSSR count). The first kappa shape index (κ1) is 13.4. The van der Waals surface area contributed by atoms with Gasteiger partial charge in [-0.2, -0.15) is 11.8 Å². The van der Waals surface area contributed by atoms with Crippen molar-refractivity contribution in [3.63, 3.8) is 0 Å². The highest BCUT2D eigenvalue weighted by molar-refractivity contribution is 8.00. The Morgan fingerprint density at radius 1 is 1.13 bits per heavy atom. The molecule has 90 valence electrons. The number of hydrogen-bond acceptors (Lipinski definition) is 2. The molecule has 1 heterocycles. The Bertz CT molecular complexity index is 153. The van der Waals surface area contributed by atoms with Crippen LogP contribution in [0.3, 0.4) is 0 Å². The minimum atomic E-state index is 0.477. The molecule has 0 bridgehead atoms. The Labute approximate surface area is 99.6 Å². The maximum absolute atomic E-state index is 5.91. The second-order valence-corrected chi connectivity index (χ2v) is 6.42. The molecule has 1 aliphatic rings. The van der Waals surface area contributed by atoms with Crippen LogP contribution in [-0.4, -0.2) is 17.0 Å². The number of rotatable bonds is 8. The summed E-state index contributed by atoms with van der Waals surface area (Å²) in [5.41, 5.74) is 5.91. The molecule has 0 aromatic heterocycles. The molecule has 1 nitrogen and oxygen atoms in total. The van der Waals surface area contributed by atoms with Crippen molar-refractivity contribution in [3.8, 4) is 0 Å². The summed E-state index contributed by atoms with van der Waals surface area (Å²) in [4.78, 5) is 0. The van der Waals surface area contributed by atoms with Crippen LogP contribution < -0.4 is 5.73 Å². The predicted octanol–water partition coefficient (Wildman–Crippen LogP) is 3.96. The number of thioether (sulfide) groups is 1. The highest BCUT2D eigenvalue weighted by Gasteiger charge is 2.32. The zero-order valence-corrected chi connectivity index (χ0v) is 11.1. The van der Waals surface area contributed by atoms with Crippen molar-refractivity contribution in [2.24, 2.45) is 5.73 Å². The van der Waals surface area contributed by atoms with E-state index in [2.05, 4.69) is 18.7 Å². The van der Waals surface area contributed by atoms with Crippen LogP contribution in [-0.2, 0) is 0 Å². The lowest BCUT2D eigenvalue weighted by atomic mass is 9.95. The number of nitrogens with two attached hydrogens (primary N) is 1. The average Bonchev–Trinajstić information content (AvgIpc) is 2.73.